The zero-order valence-corrected chi connectivity index (χ0v) is 11.7. The molecule has 0 bridgehead atoms. The van der Waals surface area contributed by atoms with Gasteiger partial charge in [0.25, 0.3) is 0 Å². The predicted molar refractivity (Wildman–Crippen MR) is 71.4 cm³/mol. The Bertz CT molecular complexity index is 541. The van der Waals surface area contributed by atoms with Crippen LogP contribution in [0.3, 0.4) is 0 Å². The number of hydrogen-bond donors (Lipinski definition) is 1. The molecule has 1 N–H and O–H groups in total. The molecule has 3 rings (SSSR count). The Labute approximate surface area is 119 Å². The highest BCUT2D eigenvalue weighted by Crippen LogP contribution is 2.24. The van der Waals surface area contributed by atoms with E-state index in [1.165, 1.54) is 24.5 Å². The molecule has 0 spiro atoms. The fraction of sp³-hybridized carbons (Fsp3) is 0.500. The first-order valence-corrected chi connectivity index (χ1v) is 7.20. The number of halogens is 1. The van der Waals surface area contributed by atoms with Gasteiger partial charge < -0.3 is 4.90 Å². The summed E-state index contributed by atoms with van der Waals surface area (Å²) in [4.78, 5) is 18.9. The van der Waals surface area contributed by atoms with Gasteiger partial charge in [-0.15, -0.1) is 0 Å². The maximum atomic E-state index is 5.96. The molecule has 0 unspecified atom stereocenters. The number of nitrogens with zero attached hydrogens (tertiary/aromatic N) is 6. The second-order valence-corrected chi connectivity index (χ2v) is 5.42. The fourth-order valence-electron chi connectivity index (χ4n) is 1.93. The molecular weight excluding hydrogens is 286 g/mol. The number of aromatic nitrogens is 6. The van der Waals surface area contributed by atoms with E-state index in [-0.39, 0.29) is 5.28 Å². The van der Waals surface area contributed by atoms with Crippen LogP contribution in [0.2, 0.25) is 5.28 Å². The third-order valence-electron chi connectivity index (χ3n) is 2.80. The van der Waals surface area contributed by atoms with Gasteiger partial charge >= 0.3 is 0 Å². The summed E-state index contributed by atoms with van der Waals surface area (Å²) in [6.07, 6.45) is 5.02. The van der Waals surface area contributed by atoms with Crippen molar-refractivity contribution < 1.29 is 0 Å². The van der Waals surface area contributed by atoms with Gasteiger partial charge in [-0.05, 0) is 42.6 Å². The van der Waals surface area contributed by atoms with E-state index in [1.54, 1.807) is 0 Å². The highest BCUT2D eigenvalue weighted by Gasteiger charge is 2.16. The molecule has 19 heavy (non-hydrogen) atoms. The van der Waals surface area contributed by atoms with Crippen LogP contribution in [0.5, 0.6) is 0 Å². The molecule has 0 saturated carbocycles. The first kappa shape index (κ1) is 12.6. The van der Waals surface area contributed by atoms with Crippen molar-refractivity contribution in [3.8, 4) is 0 Å². The largest absolute Gasteiger partial charge is 0.341 e. The maximum Gasteiger partial charge on any atom is 0.230 e. The van der Waals surface area contributed by atoms with Gasteiger partial charge in [0, 0.05) is 13.1 Å². The van der Waals surface area contributed by atoms with Crippen LogP contribution in [0.15, 0.2) is 16.6 Å². The Morgan fingerprint density at radius 2 is 2.00 bits per heavy atom. The number of piperidine rings is 1. The minimum Gasteiger partial charge on any atom is -0.341 e. The molecule has 2 aromatic rings. The molecular formula is C10H12ClN7S. The summed E-state index contributed by atoms with van der Waals surface area (Å²) in [6, 6.07) is 0. The lowest BCUT2D eigenvalue weighted by Crippen LogP contribution is -2.31. The predicted octanol–water partition coefficient (Wildman–Crippen LogP) is 1.78. The van der Waals surface area contributed by atoms with Crippen molar-refractivity contribution in [3.05, 3.63) is 11.6 Å². The summed E-state index contributed by atoms with van der Waals surface area (Å²) in [7, 11) is 0. The van der Waals surface area contributed by atoms with Crippen molar-refractivity contribution in [3.63, 3.8) is 0 Å². The standard InChI is InChI=1S/C10H12ClN7S/c11-7-14-8(18-4-2-1-3-5-18)16-10(15-7)19-9-12-6-13-17-9/h6H,1-5H2,(H,12,13,17). The Balaban J connectivity index is 1.82. The van der Waals surface area contributed by atoms with E-state index in [0.29, 0.717) is 16.3 Å². The lowest BCUT2D eigenvalue weighted by atomic mass is 10.1. The van der Waals surface area contributed by atoms with Gasteiger partial charge in [-0.1, -0.05) is 0 Å². The molecule has 0 atom stereocenters. The summed E-state index contributed by atoms with van der Waals surface area (Å²) in [5, 5.41) is 7.89. The number of hydrogen-bond acceptors (Lipinski definition) is 7. The number of aromatic amines is 1. The van der Waals surface area contributed by atoms with Gasteiger partial charge in [0.05, 0.1) is 0 Å². The monoisotopic (exact) mass is 297 g/mol. The Morgan fingerprint density at radius 3 is 2.74 bits per heavy atom. The van der Waals surface area contributed by atoms with E-state index >= 15 is 0 Å². The molecule has 1 fully saturated rings. The summed E-state index contributed by atoms with van der Waals surface area (Å²) < 4.78 is 0. The van der Waals surface area contributed by atoms with E-state index < -0.39 is 0 Å². The van der Waals surface area contributed by atoms with Crippen LogP contribution in [0.25, 0.3) is 0 Å². The second kappa shape index (κ2) is 5.70. The van der Waals surface area contributed by atoms with Crippen molar-refractivity contribution in [2.24, 2.45) is 0 Å². The normalized spacial score (nSPS) is 15.7. The summed E-state index contributed by atoms with van der Waals surface area (Å²) >= 11 is 7.25. The highest BCUT2D eigenvalue weighted by atomic mass is 35.5. The van der Waals surface area contributed by atoms with E-state index in [1.807, 2.05) is 0 Å². The van der Waals surface area contributed by atoms with E-state index in [9.17, 15) is 0 Å². The average molecular weight is 298 g/mol. The van der Waals surface area contributed by atoms with Gasteiger partial charge in [-0.2, -0.15) is 20.1 Å². The summed E-state index contributed by atoms with van der Waals surface area (Å²) in [5.74, 6) is 0.640. The number of H-pyrrole nitrogens is 1. The molecule has 9 heteroatoms. The van der Waals surface area contributed by atoms with Crippen LogP contribution < -0.4 is 4.90 Å². The SMILES string of the molecule is Clc1nc(Sc2ncn[nH]2)nc(N2CCCCC2)n1. The molecule has 1 aliphatic rings. The van der Waals surface area contributed by atoms with Gasteiger partial charge in [-0.3, -0.25) is 5.10 Å². The molecule has 2 aromatic heterocycles. The lowest BCUT2D eigenvalue weighted by molar-refractivity contribution is 0.564. The number of rotatable bonds is 3. The average Bonchev–Trinajstić information content (AvgIpc) is 2.92. The van der Waals surface area contributed by atoms with Crippen LogP contribution in [0.4, 0.5) is 5.95 Å². The van der Waals surface area contributed by atoms with Crippen molar-refractivity contribution >= 4 is 29.3 Å². The van der Waals surface area contributed by atoms with Crippen LogP contribution >= 0.6 is 23.4 Å². The van der Waals surface area contributed by atoms with Crippen LogP contribution in [0.1, 0.15) is 19.3 Å². The van der Waals surface area contributed by atoms with Gasteiger partial charge in [-0.25, -0.2) is 4.98 Å². The van der Waals surface area contributed by atoms with E-state index in [2.05, 4.69) is 35.0 Å². The van der Waals surface area contributed by atoms with Crippen molar-refractivity contribution in [2.45, 2.75) is 29.6 Å². The van der Waals surface area contributed by atoms with Gasteiger partial charge in [0.2, 0.25) is 16.4 Å². The Kier molecular flexibility index (Phi) is 3.79. The van der Waals surface area contributed by atoms with Gasteiger partial charge in [0.1, 0.15) is 6.33 Å². The van der Waals surface area contributed by atoms with Crippen molar-refractivity contribution in [1.82, 2.24) is 30.1 Å². The van der Waals surface area contributed by atoms with Crippen LogP contribution in [-0.4, -0.2) is 43.2 Å². The molecule has 0 aliphatic carbocycles. The molecule has 3 heterocycles. The quantitative estimate of drug-likeness (QED) is 0.924. The maximum absolute atomic E-state index is 5.96. The summed E-state index contributed by atoms with van der Waals surface area (Å²) in [5.41, 5.74) is 0. The molecule has 100 valence electrons. The third kappa shape index (κ3) is 3.13. The Hall–Kier alpha value is -1.41. The highest BCUT2D eigenvalue weighted by molar-refractivity contribution is 7.99. The molecule has 1 saturated heterocycles. The Morgan fingerprint density at radius 1 is 1.16 bits per heavy atom. The smallest absolute Gasteiger partial charge is 0.230 e. The van der Waals surface area contributed by atoms with Crippen LogP contribution in [0, 0.1) is 0 Å². The fourth-order valence-corrected chi connectivity index (χ4v) is 2.77. The number of nitrogens with one attached hydrogen (secondary N) is 1. The van der Waals surface area contributed by atoms with Crippen molar-refractivity contribution in [2.75, 3.05) is 18.0 Å². The second-order valence-electron chi connectivity index (χ2n) is 4.13. The zero-order valence-electron chi connectivity index (χ0n) is 10.1. The zero-order chi connectivity index (χ0) is 13.1. The number of anilines is 1. The minimum absolute atomic E-state index is 0.206. The molecule has 1 aliphatic heterocycles. The lowest BCUT2D eigenvalue weighted by Gasteiger charge is -2.26. The molecule has 7 nitrogen and oxygen atoms in total. The van der Waals surface area contributed by atoms with Crippen molar-refractivity contribution in [1.29, 1.82) is 0 Å². The minimum atomic E-state index is 0.206. The molecule has 0 amide bonds. The first-order valence-electron chi connectivity index (χ1n) is 6.01. The molecule has 0 aromatic carbocycles. The third-order valence-corrected chi connectivity index (χ3v) is 3.72. The van der Waals surface area contributed by atoms with Gasteiger partial charge in [0.15, 0.2) is 5.16 Å². The van der Waals surface area contributed by atoms with E-state index in [0.717, 1.165) is 25.9 Å². The first-order chi connectivity index (χ1) is 9.31. The summed E-state index contributed by atoms with van der Waals surface area (Å²) in [6.45, 7) is 1.93. The topological polar surface area (TPSA) is 83.5 Å². The van der Waals surface area contributed by atoms with E-state index in [4.69, 9.17) is 11.6 Å². The molecule has 0 radical (unpaired) electrons. The van der Waals surface area contributed by atoms with Crippen LogP contribution in [-0.2, 0) is 0 Å².